The summed E-state index contributed by atoms with van der Waals surface area (Å²) in [5.41, 5.74) is -0.343. The number of ether oxygens (including phenoxy) is 1. The fourth-order valence-electron chi connectivity index (χ4n) is 2.02. The maximum absolute atomic E-state index is 11.5. The van der Waals surface area contributed by atoms with Gasteiger partial charge in [0, 0.05) is 6.42 Å². The fraction of sp³-hybridized carbons (Fsp3) is 0.938. The summed E-state index contributed by atoms with van der Waals surface area (Å²) in [6.07, 6.45) is 10.5. The minimum absolute atomic E-state index is 0.0560. The minimum atomic E-state index is -0.343. The lowest BCUT2D eigenvalue weighted by atomic mass is 10.1. The van der Waals surface area contributed by atoms with Gasteiger partial charge in [0.15, 0.2) is 0 Å². The first-order valence-corrected chi connectivity index (χ1v) is 7.82. The summed E-state index contributed by atoms with van der Waals surface area (Å²) in [4.78, 5) is 11.5. The Morgan fingerprint density at radius 3 is 1.84 bits per heavy atom. The molecule has 0 saturated carbocycles. The largest absolute Gasteiger partial charge is 0.460 e. The van der Waals surface area contributed by atoms with Crippen LogP contribution in [-0.4, -0.2) is 25.2 Å². The lowest BCUT2D eigenvalue weighted by molar-refractivity contribution is -0.154. The molecule has 3 heteroatoms. The molecule has 114 valence electrons. The van der Waals surface area contributed by atoms with Gasteiger partial charge in [-0.2, -0.15) is 0 Å². The van der Waals surface area contributed by atoms with E-state index in [2.05, 4.69) is 5.32 Å². The molecule has 0 aromatic heterocycles. The number of nitrogens with one attached hydrogen (secondary N) is 1. The first-order chi connectivity index (χ1) is 8.95. The van der Waals surface area contributed by atoms with E-state index in [0.29, 0.717) is 6.42 Å². The highest BCUT2D eigenvalue weighted by atomic mass is 16.6. The highest BCUT2D eigenvalue weighted by Gasteiger charge is 2.15. The van der Waals surface area contributed by atoms with Crippen molar-refractivity contribution < 1.29 is 9.53 Å². The molecule has 1 N–H and O–H groups in total. The second-order valence-electron chi connectivity index (χ2n) is 6.27. The van der Waals surface area contributed by atoms with E-state index >= 15 is 0 Å². The third-order valence-electron chi connectivity index (χ3n) is 2.98. The van der Waals surface area contributed by atoms with Gasteiger partial charge in [-0.1, -0.05) is 38.5 Å². The Morgan fingerprint density at radius 1 is 0.895 bits per heavy atom. The Bertz CT molecular complexity index is 221. The normalized spacial score (nSPS) is 11.6. The lowest BCUT2D eigenvalue weighted by Crippen LogP contribution is -2.23. The van der Waals surface area contributed by atoms with E-state index in [-0.39, 0.29) is 11.6 Å². The molecule has 0 heterocycles. The van der Waals surface area contributed by atoms with Gasteiger partial charge in [-0.25, -0.2) is 0 Å². The number of unbranched alkanes of at least 4 members (excludes halogenated alkanes) is 7. The summed E-state index contributed by atoms with van der Waals surface area (Å²) >= 11 is 0. The maximum Gasteiger partial charge on any atom is 0.306 e. The first-order valence-electron chi connectivity index (χ1n) is 7.82. The number of esters is 1. The molecule has 19 heavy (non-hydrogen) atoms. The zero-order valence-corrected chi connectivity index (χ0v) is 13.4. The highest BCUT2D eigenvalue weighted by Crippen LogP contribution is 2.12. The molecule has 0 radical (unpaired) electrons. The lowest BCUT2D eigenvalue weighted by Gasteiger charge is -2.19. The van der Waals surface area contributed by atoms with E-state index in [0.717, 1.165) is 19.4 Å². The van der Waals surface area contributed by atoms with Gasteiger partial charge in [0.05, 0.1) is 0 Å². The van der Waals surface area contributed by atoms with E-state index in [1.165, 1.54) is 38.5 Å². The quantitative estimate of drug-likeness (QED) is 0.455. The molecule has 0 bridgehead atoms. The zero-order chi connectivity index (χ0) is 14.6. The van der Waals surface area contributed by atoms with Gasteiger partial charge in [-0.3, -0.25) is 4.79 Å². The maximum atomic E-state index is 11.5. The van der Waals surface area contributed by atoms with Crippen molar-refractivity contribution in [2.45, 2.75) is 84.2 Å². The molecule has 0 saturated heterocycles. The first kappa shape index (κ1) is 18.4. The van der Waals surface area contributed by atoms with E-state index in [4.69, 9.17) is 4.74 Å². The molecule has 0 rings (SSSR count). The number of carbonyl (C=O) groups is 1. The van der Waals surface area contributed by atoms with Crippen molar-refractivity contribution in [2.24, 2.45) is 0 Å². The average molecular weight is 271 g/mol. The van der Waals surface area contributed by atoms with Crippen LogP contribution in [0.3, 0.4) is 0 Å². The third-order valence-corrected chi connectivity index (χ3v) is 2.98. The van der Waals surface area contributed by atoms with Gasteiger partial charge in [-0.05, 0) is 47.2 Å². The Labute approximate surface area is 119 Å². The highest BCUT2D eigenvalue weighted by molar-refractivity contribution is 5.69. The number of hydrogen-bond donors (Lipinski definition) is 1. The molecule has 0 aliphatic rings. The van der Waals surface area contributed by atoms with Crippen LogP contribution < -0.4 is 5.32 Å². The number of hydrogen-bond acceptors (Lipinski definition) is 3. The zero-order valence-electron chi connectivity index (χ0n) is 13.4. The van der Waals surface area contributed by atoms with E-state index in [1.54, 1.807) is 0 Å². The SMILES string of the molecule is CNCCCCCCCCCCC(=O)OC(C)(C)C. The summed E-state index contributed by atoms with van der Waals surface area (Å²) in [5, 5.41) is 3.17. The van der Waals surface area contributed by atoms with Crippen LogP contribution in [0.25, 0.3) is 0 Å². The van der Waals surface area contributed by atoms with Crippen molar-refractivity contribution in [3.8, 4) is 0 Å². The molecule has 0 aromatic carbocycles. The predicted molar refractivity (Wildman–Crippen MR) is 81.3 cm³/mol. The van der Waals surface area contributed by atoms with Crippen molar-refractivity contribution in [2.75, 3.05) is 13.6 Å². The van der Waals surface area contributed by atoms with Crippen LogP contribution >= 0.6 is 0 Å². The monoisotopic (exact) mass is 271 g/mol. The number of rotatable bonds is 11. The molecule has 3 nitrogen and oxygen atoms in total. The molecule has 0 aliphatic heterocycles. The van der Waals surface area contributed by atoms with Crippen LogP contribution in [0.15, 0.2) is 0 Å². The molecular formula is C16H33NO2. The molecule has 0 spiro atoms. The van der Waals surface area contributed by atoms with Crippen molar-refractivity contribution in [1.29, 1.82) is 0 Å². The Balaban J connectivity index is 3.21. The molecular weight excluding hydrogens is 238 g/mol. The predicted octanol–water partition coefficient (Wildman–Crippen LogP) is 4.06. The van der Waals surface area contributed by atoms with Crippen LogP contribution in [0.2, 0.25) is 0 Å². The van der Waals surface area contributed by atoms with Crippen LogP contribution in [-0.2, 0) is 9.53 Å². The standard InChI is InChI=1S/C16H33NO2/c1-16(2,3)19-15(18)13-11-9-7-5-6-8-10-12-14-17-4/h17H,5-14H2,1-4H3. The van der Waals surface area contributed by atoms with Gasteiger partial charge in [0.1, 0.15) is 5.60 Å². The summed E-state index contributed by atoms with van der Waals surface area (Å²) in [5.74, 6) is -0.0560. The van der Waals surface area contributed by atoms with Crippen molar-refractivity contribution >= 4 is 5.97 Å². The van der Waals surface area contributed by atoms with E-state index in [1.807, 2.05) is 27.8 Å². The summed E-state index contributed by atoms with van der Waals surface area (Å²) in [6, 6.07) is 0. The fourth-order valence-corrected chi connectivity index (χ4v) is 2.02. The molecule has 0 unspecified atom stereocenters. The average Bonchev–Trinajstić information content (AvgIpc) is 2.29. The molecule has 0 aliphatic carbocycles. The third kappa shape index (κ3) is 15.4. The van der Waals surface area contributed by atoms with Gasteiger partial charge in [-0.15, -0.1) is 0 Å². The van der Waals surface area contributed by atoms with Crippen molar-refractivity contribution in [1.82, 2.24) is 5.32 Å². The Morgan fingerprint density at radius 2 is 1.37 bits per heavy atom. The summed E-state index contributed by atoms with van der Waals surface area (Å²) in [6.45, 7) is 6.88. The van der Waals surface area contributed by atoms with Gasteiger partial charge >= 0.3 is 5.97 Å². The smallest absolute Gasteiger partial charge is 0.306 e. The Kier molecular flexibility index (Phi) is 10.9. The Hall–Kier alpha value is -0.570. The van der Waals surface area contributed by atoms with Crippen molar-refractivity contribution in [3.05, 3.63) is 0 Å². The minimum Gasteiger partial charge on any atom is -0.460 e. The summed E-state index contributed by atoms with van der Waals surface area (Å²) < 4.78 is 5.28. The van der Waals surface area contributed by atoms with Crippen LogP contribution in [0.1, 0.15) is 78.6 Å². The van der Waals surface area contributed by atoms with E-state index in [9.17, 15) is 4.79 Å². The summed E-state index contributed by atoms with van der Waals surface area (Å²) in [7, 11) is 2.00. The topological polar surface area (TPSA) is 38.3 Å². The van der Waals surface area contributed by atoms with Crippen LogP contribution in [0, 0.1) is 0 Å². The molecule has 0 amide bonds. The van der Waals surface area contributed by atoms with Gasteiger partial charge in [0.25, 0.3) is 0 Å². The second-order valence-corrected chi connectivity index (χ2v) is 6.27. The molecule has 0 fully saturated rings. The molecule has 0 atom stereocenters. The van der Waals surface area contributed by atoms with Gasteiger partial charge < -0.3 is 10.1 Å². The second kappa shape index (κ2) is 11.3. The number of carbonyl (C=O) groups excluding carboxylic acids is 1. The van der Waals surface area contributed by atoms with Crippen LogP contribution in [0.4, 0.5) is 0 Å². The van der Waals surface area contributed by atoms with Crippen LogP contribution in [0.5, 0.6) is 0 Å². The van der Waals surface area contributed by atoms with E-state index < -0.39 is 0 Å². The van der Waals surface area contributed by atoms with Gasteiger partial charge in [0.2, 0.25) is 0 Å². The van der Waals surface area contributed by atoms with Crippen molar-refractivity contribution in [3.63, 3.8) is 0 Å². The molecule has 0 aromatic rings.